The van der Waals surface area contributed by atoms with Crippen LogP contribution < -0.4 is 11.1 Å². The normalized spacial score (nSPS) is 17.0. The molecule has 0 bridgehead atoms. The first kappa shape index (κ1) is 14.3. The number of amidine groups is 1. The van der Waals surface area contributed by atoms with Gasteiger partial charge in [-0.15, -0.1) is 0 Å². The molecule has 2 aromatic rings. The SMILES string of the molecule is NC1=N[C@@H](CCc2ccc(Nc3ccc(F)cn3)cc2)CO1. The van der Waals surface area contributed by atoms with E-state index in [9.17, 15) is 4.39 Å². The molecule has 0 saturated carbocycles. The van der Waals surface area contributed by atoms with E-state index in [1.165, 1.54) is 17.8 Å². The van der Waals surface area contributed by atoms with Crippen molar-refractivity contribution in [2.24, 2.45) is 10.7 Å². The van der Waals surface area contributed by atoms with Crippen LogP contribution in [0.2, 0.25) is 0 Å². The number of aromatic nitrogens is 1. The Balaban J connectivity index is 1.54. The molecule has 1 aromatic heterocycles. The number of halogens is 1. The zero-order valence-electron chi connectivity index (χ0n) is 12.0. The standard InChI is InChI=1S/C16H17FN4O/c17-12-4-8-15(19-9-12)20-13-5-1-11(2-6-13)3-7-14-10-22-16(18)21-14/h1-2,4-6,8-9,14H,3,7,10H2,(H2,18,21)(H,19,20)/t14-/m0/s1. The molecule has 1 atom stereocenters. The molecular weight excluding hydrogens is 283 g/mol. The van der Waals surface area contributed by atoms with Crippen LogP contribution in [0.3, 0.4) is 0 Å². The molecule has 22 heavy (non-hydrogen) atoms. The van der Waals surface area contributed by atoms with Gasteiger partial charge in [0.1, 0.15) is 18.2 Å². The van der Waals surface area contributed by atoms with Crippen molar-refractivity contribution in [3.8, 4) is 0 Å². The zero-order chi connectivity index (χ0) is 15.4. The smallest absolute Gasteiger partial charge is 0.282 e. The maximum atomic E-state index is 12.8. The van der Waals surface area contributed by atoms with E-state index in [0.29, 0.717) is 12.4 Å². The molecule has 1 aromatic carbocycles. The summed E-state index contributed by atoms with van der Waals surface area (Å²) in [5.41, 5.74) is 7.62. The summed E-state index contributed by atoms with van der Waals surface area (Å²) >= 11 is 0. The number of aliphatic imine (C=N–C) groups is 1. The van der Waals surface area contributed by atoms with E-state index in [-0.39, 0.29) is 17.9 Å². The minimum absolute atomic E-state index is 0.154. The van der Waals surface area contributed by atoms with E-state index in [1.807, 2.05) is 12.1 Å². The molecule has 0 fully saturated rings. The van der Waals surface area contributed by atoms with Gasteiger partial charge in [0.25, 0.3) is 6.02 Å². The summed E-state index contributed by atoms with van der Waals surface area (Å²) < 4.78 is 17.9. The van der Waals surface area contributed by atoms with Gasteiger partial charge in [0, 0.05) is 5.69 Å². The summed E-state index contributed by atoms with van der Waals surface area (Å²) in [6.45, 7) is 0.571. The van der Waals surface area contributed by atoms with Gasteiger partial charge < -0.3 is 15.8 Å². The largest absolute Gasteiger partial charge is 0.463 e. The number of anilines is 2. The fraction of sp³-hybridized carbons (Fsp3) is 0.250. The molecule has 2 heterocycles. The Labute approximate surface area is 128 Å². The highest BCUT2D eigenvalue weighted by Gasteiger charge is 2.16. The second-order valence-electron chi connectivity index (χ2n) is 5.15. The molecule has 6 heteroatoms. The van der Waals surface area contributed by atoms with Gasteiger partial charge in [-0.25, -0.2) is 14.4 Å². The van der Waals surface area contributed by atoms with Crippen molar-refractivity contribution < 1.29 is 9.13 Å². The molecule has 3 rings (SSSR count). The maximum absolute atomic E-state index is 12.8. The predicted octanol–water partition coefficient (Wildman–Crippen LogP) is 2.61. The Morgan fingerprint density at radius 1 is 1.23 bits per heavy atom. The number of nitrogens with one attached hydrogen (secondary N) is 1. The van der Waals surface area contributed by atoms with Gasteiger partial charge in [0.2, 0.25) is 0 Å². The Kier molecular flexibility index (Phi) is 4.18. The van der Waals surface area contributed by atoms with Crippen molar-refractivity contribution in [3.05, 3.63) is 54.0 Å². The van der Waals surface area contributed by atoms with Crippen LogP contribution in [0.15, 0.2) is 47.6 Å². The highest BCUT2D eigenvalue weighted by Crippen LogP contribution is 2.17. The van der Waals surface area contributed by atoms with Crippen molar-refractivity contribution in [3.63, 3.8) is 0 Å². The third-order valence-electron chi connectivity index (χ3n) is 3.45. The number of benzene rings is 1. The Hall–Kier alpha value is -2.63. The maximum Gasteiger partial charge on any atom is 0.282 e. The number of nitrogens with two attached hydrogens (primary N) is 1. The van der Waals surface area contributed by atoms with Gasteiger partial charge in [0.15, 0.2) is 0 Å². The first-order chi connectivity index (χ1) is 10.7. The van der Waals surface area contributed by atoms with E-state index < -0.39 is 0 Å². The number of hydrogen-bond donors (Lipinski definition) is 2. The van der Waals surface area contributed by atoms with Crippen molar-refractivity contribution in [1.82, 2.24) is 4.98 Å². The van der Waals surface area contributed by atoms with Gasteiger partial charge in [0.05, 0.1) is 12.2 Å². The third kappa shape index (κ3) is 3.72. The number of rotatable bonds is 5. The average Bonchev–Trinajstić information content (AvgIpc) is 2.94. The number of aryl methyl sites for hydroxylation is 1. The lowest BCUT2D eigenvalue weighted by atomic mass is 10.1. The second kappa shape index (κ2) is 6.43. The summed E-state index contributed by atoms with van der Waals surface area (Å²) in [5, 5.41) is 3.13. The van der Waals surface area contributed by atoms with Gasteiger partial charge in [-0.3, -0.25) is 0 Å². The number of nitrogens with zero attached hydrogens (tertiary/aromatic N) is 2. The monoisotopic (exact) mass is 300 g/mol. The van der Waals surface area contributed by atoms with E-state index in [0.717, 1.165) is 18.5 Å². The summed E-state index contributed by atoms with van der Waals surface area (Å²) in [5.74, 6) is 0.266. The van der Waals surface area contributed by atoms with E-state index in [4.69, 9.17) is 10.5 Å². The van der Waals surface area contributed by atoms with Gasteiger partial charge in [-0.1, -0.05) is 12.1 Å². The minimum Gasteiger partial charge on any atom is -0.463 e. The second-order valence-corrected chi connectivity index (χ2v) is 5.15. The highest BCUT2D eigenvalue weighted by molar-refractivity contribution is 5.73. The molecule has 5 nitrogen and oxygen atoms in total. The van der Waals surface area contributed by atoms with E-state index in [1.54, 1.807) is 6.07 Å². The van der Waals surface area contributed by atoms with E-state index >= 15 is 0 Å². The van der Waals surface area contributed by atoms with Gasteiger partial charge in [-0.2, -0.15) is 0 Å². The minimum atomic E-state index is -0.347. The Morgan fingerprint density at radius 3 is 2.68 bits per heavy atom. The summed E-state index contributed by atoms with van der Waals surface area (Å²) in [4.78, 5) is 8.17. The lowest BCUT2D eigenvalue weighted by Gasteiger charge is -2.08. The van der Waals surface area contributed by atoms with Crippen molar-refractivity contribution in [1.29, 1.82) is 0 Å². The fourth-order valence-corrected chi connectivity index (χ4v) is 2.27. The molecular formula is C16H17FN4O. The third-order valence-corrected chi connectivity index (χ3v) is 3.45. The van der Waals surface area contributed by atoms with Crippen LogP contribution in [0.1, 0.15) is 12.0 Å². The van der Waals surface area contributed by atoms with Gasteiger partial charge in [-0.05, 0) is 42.7 Å². The molecule has 0 amide bonds. The van der Waals surface area contributed by atoms with Crippen LogP contribution in [0, 0.1) is 5.82 Å². The first-order valence-corrected chi connectivity index (χ1v) is 7.12. The predicted molar refractivity (Wildman–Crippen MR) is 83.6 cm³/mol. The summed E-state index contributed by atoms with van der Waals surface area (Å²) in [6.07, 6.45) is 3.01. The summed E-state index contributed by atoms with van der Waals surface area (Å²) in [7, 11) is 0. The molecule has 0 spiro atoms. The molecule has 1 aliphatic heterocycles. The Bertz CT molecular complexity index is 655. The van der Waals surface area contributed by atoms with Crippen LogP contribution in [-0.4, -0.2) is 23.7 Å². The molecule has 0 unspecified atom stereocenters. The first-order valence-electron chi connectivity index (χ1n) is 7.12. The lowest BCUT2D eigenvalue weighted by molar-refractivity contribution is 0.308. The molecule has 1 aliphatic rings. The van der Waals surface area contributed by atoms with E-state index in [2.05, 4.69) is 27.4 Å². The topological polar surface area (TPSA) is 72.5 Å². The van der Waals surface area contributed by atoms with Crippen LogP contribution in [0.4, 0.5) is 15.9 Å². The van der Waals surface area contributed by atoms with Crippen molar-refractivity contribution in [2.45, 2.75) is 18.9 Å². The zero-order valence-corrected chi connectivity index (χ0v) is 12.0. The quantitative estimate of drug-likeness (QED) is 0.890. The van der Waals surface area contributed by atoms with Crippen LogP contribution in [0.25, 0.3) is 0 Å². The van der Waals surface area contributed by atoms with Gasteiger partial charge >= 0.3 is 0 Å². The number of pyridine rings is 1. The molecule has 0 radical (unpaired) electrons. The van der Waals surface area contributed by atoms with Crippen molar-refractivity contribution >= 4 is 17.5 Å². The Morgan fingerprint density at radius 2 is 2.05 bits per heavy atom. The number of hydrogen-bond acceptors (Lipinski definition) is 5. The van der Waals surface area contributed by atoms with Crippen LogP contribution >= 0.6 is 0 Å². The fourth-order valence-electron chi connectivity index (χ4n) is 2.27. The lowest BCUT2D eigenvalue weighted by Crippen LogP contribution is -2.10. The number of ether oxygens (including phenoxy) is 1. The highest BCUT2D eigenvalue weighted by atomic mass is 19.1. The molecule has 0 saturated heterocycles. The molecule has 0 aliphatic carbocycles. The summed E-state index contributed by atoms with van der Waals surface area (Å²) in [6, 6.07) is 11.5. The molecule has 114 valence electrons. The molecule has 3 N–H and O–H groups in total. The average molecular weight is 300 g/mol. The van der Waals surface area contributed by atoms with Crippen molar-refractivity contribution in [2.75, 3.05) is 11.9 Å². The van der Waals surface area contributed by atoms with Crippen LogP contribution in [-0.2, 0) is 11.2 Å². The van der Waals surface area contributed by atoms with Crippen LogP contribution in [0.5, 0.6) is 0 Å².